The minimum atomic E-state index is 0.0619. The lowest BCUT2D eigenvalue weighted by atomic mass is 10.1. The number of carbonyl (C=O) groups is 1. The summed E-state index contributed by atoms with van der Waals surface area (Å²) < 4.78 is 0. The summed E-state index contributed by atoms with van der Waals surface area (Å²) in [5.74, 6) is 0.628. The van der Waals surface area contributed by atoms with Crippen LogP contribution in [0.1, 0.15) is 41.7 Å². The van der Waals surface area contributed by atoms with Gasteiger partial charge in [-0.05, 0) is 25.8 Å². The van der Waals surface area contributed by atoms with Crippen LogP contribution in [-0.4, -0.2) is 16.0 Å². The van der Waals surface area contributed by atoms with E-state index >= 15 is 0 Å². The Balaban J connectivity index is 2.32. The Labute approximate surface area is 70.8 Å². The van der Waals surface area contributed by atoms with E-state index in [2.05, 4.69) is 10.2 Å². The molecule has 1 aliphatic carbocycles. The van der Waals surface area contributed by atoms with Gasteiger partial charge in [-0.25, -0.2) is 0 Å². The fourth-order valence-electron chi connectivity index (χ4n) is 1.15. The zero-order valence-electron chi connectivity index (χ0n) is 6.95. The minimum absolute atomic E-state index is 0.0619. The van der Waals surface area contributed by atoms with Crippen LogP contribution < -0.4 is 0 Å². The normalized spacial score (nSPS) is 16.1. The van der Waals surface area contributed by atoms with Gasteiger partial charge in [-0.1, -0.05) is 0 Å². The van der Waals surface area contributed by atoms with Crippen LogP contribution in [0.15, 0.2) is 12.3 Å². The van der Waals surface area contributed by atoms with Gasteiger partial charge >= 0.3 is 0 Å². The number of hydrogen-bond acceptors (Lipinski definition) is 3. The van der Waals surface area contributed by atoms with E-state index in [0.717, 1.165) is 5.69 Å². The molecule has 1 saturated carbocycles. The standard InChI is InChI=1S/C9H10N2O/c1-6(12)8-4-9(7-2-3-7)11-10-5-8/h4-5,7H,2-3H2,1H3. The van der Waals surface area contributed by atoms with E-state index < -0.39 is 0 Å². The molecule has 3 nitrogen and oxygen atoms in total. The third kappa shape index (κ3) is 1.35. The lowest BCUT2D eigenvalue weighted by molar-refractivity contribution is 0.101. The Morgan fingerprint density at radius 2 is 2.33 bits per heavy atom. The Morgan fingerprint density at radius 1 is 1.58 bits per heavy atom. The van der Waals surface area contributed by atoms with Gasteiger partial charge in [-0.2, -0.15) is 10.2 Å². The van der Waals surface area contributed by atoms with Crippen LogP contribution in [0.3, 0.4) is 0 Å². The number of hydrogen-bond donors (Lipinski definition) is 0. The molecule has 1 aromatic heterocycles. The van der Waals surface area contributed by atoms with Crippen molar-refractivity contribution in [1.29, 1.82) is 0 Å². The molecule has 0 aliphatic heterocycles. The van der Waals surface area contributed by atoms with Crippen molar-refractivity contribution in [2.45, 2.75) is 25.7 Å². The number of rotatable bonds is 2. The van der Waals surface area contributed by atoms with Crippen molar-refractivity contribution in [3.8, 4) is 0 Å². The van der Waals surface area contributed by atoms with Crippen LogP contribution in [0.4, 0.5) is 0 Å². The fraction of sp³-hybridized carbons (Fsp3) is 0.444. The summed E-state index contributed by atoms with van der Waals surface area (Å²) >= 11 is 0. The molecule has 0 bridgehead atoms. The molecule has 3 heteroatoms. The van der Waals surface area contributed by atoms with Crippen LogP contribution in [0.5, 0.6) is 0 Å². The van der Waals surface area contributed by atoms with Gasteiger partial charge < -0.3 is 0 Å². The SMILES string of the molecule is CC(=O)c1cnnc(C2CC2)c1. The molecule has 0 aromatic carbocycles. The molecule has 0 atom stereocenters. The molecule has 0 N–H and O–H groups in total. The quantitative estimate of drug-likeness (QED) is 0.620. The van der Waals surface area contributed by atoms with Gasteiger partial charge in [0.05, 0.1) is 11.9 Å². The van der Waals surface area contributed by atoms with E-state index in [9.17, 15) is 4.79 Å². The van der Waals surface area contributed by atoms with Gasteiger partial charge in [0, 0.05) is 11.5 Å². The van der Waals surface area contributed by atoms with Crippen molar-refractivity contribution in [3.05, 3.63) is 23.5 Å². The molecule has 2 rings (SSSR count). The van der Waals surface area contributed by atoms with E-state index in [1.54, 1.807) is 6.92 Å². The van der Waals surface area contributed by atoms with E-state index in [0.29, 0.717) is 11.5 Å². The molecular formula is C9H10N2O. The van der Waals surface area contributed by atoms with Gasteiger partial charge in [0.1, 0.15) is 0 Å². The molecule has 0 saturated heterocycles. The second-order valence-electron chi connectivity index (χ2n) is 3.20. The molecule has 62 valence electrons. The van der Waals surface area contributed by atoms with E-state index in [-0.39, 0.29) is 5.78 Å². The first-order chi connectivity index (χ1) is 5.77. The summed E-state index contributed by atoms with van der Waals surface area (Å²) in [7, 11) is 0. The molecule has 0 amide bonds. The maximum Gasteiger partial charge on any atom is 0.161 e. The number of carbonyl (C=O) groups excluding carboxylic acids is 1. The third-order valence-corrected chi connectivity index (χ3v) is 2.08. The topological polar surface area (TPSA) is 42.9 Å². The Morgan fingerprint density at radius 3 is 2.92 bits per heavy atom. The number of Topliss-reactive ketones (excluding diaryl/α,β-unsaturated/α-hetero) is 1. The van der Waals surface area contributed by atoms with Gasteiger partial charge in [0.2, 0.25) is 0 Å². The molecule has 1 aromatic rings. The molecule has 12 heavy (non-hydrogen) atoms. The first-order valence-electron chi connectivity index (χ1n) is 4.11. The molecule has 0 unspecified atom stereocenters. The van der Waals surface area contributed by atoms with Crippen LogP contribution >= 0.6 is 0 Å². The number of ketones is 1. The maximum atomic E-state index is 11.0. The van der Waals surface area contributed by atoms with Crippen molar-refractivity contribution in [2.75, 3.05) is 0 Å². The predicted molar refractivity (Wildman–Crippen MR) is 44.0 cm³/mol. The van der Waals surface area contributed by atoms with Crippen molar-refractivity contribution in [2.24, 2.45) is 0 Å². The first kappa shape index (κ1) is 7.40. The van der Waals surface area contributed by atoms with Gasteiger partial charge in [-0.3, -0.25) is 4.79 Å². The molecule has 0 spiro atoms. The highest BCUT2D eigenvalue weighted by atomic mass is 16.1. The second-order valence-corrected chi connectivity index (χ2v) is 3.20. The van der Waals surface area contributed by atoms with Crippen molar-refractivity contribution < 1.29 is 4.79 Å². The summed E-state index contributed by atoms with van der Waals surface area (Å²) in [5.41, 5.74) is 1.65. The summed E-state index contributed by atoms with van der Waals surface area (Å²) in [6, 6.07) is 1.85. The Hall–Kier alpha value is -1.25. The number of aromatic nitrogens is 2. The monoisotopic (exact) mass is 162 g/mol. The van der Waals surface area contributed by atoms with Gasteiger partial charge in [0.15, 0.2) is 5.78 Å². The Kier molecular flexibility index (Phi) is 1.64. The Bertz CT molecular complexity index is 318. The van der Waals surface area contributed by atoms with E-state index in [1.807, 2.05) is 6.07 Å². The average molecular weight is 162 g/mol. The highest BCUT2D eigenvalue weighted by Crippen LogP contribution is 2.38. The summed E-state index contributed by atoms with van der Waals surface area (Å²) in [4.78, 5) is 11.0. The molecular weight excluding hydrogens is 152 g/mol. The molecule has 0 radical (unpaired) electrons. The van der Waals surface area contributed by atoms with Crippen molar-refractivity contribution in [3.63, 3.8) is 0 Å². The van der Waals surface area contributed by atoms with Crippen LogP contribution in [0.25, 0.3) is 0 Å². The second kappa shape index (κ2) is 2.66. The smallest absolute Gasteiger partial charge is 0.161 e. The zero-order valence-corrected chi connectivity index (χ0v) is 6.95. The van der Waals surface area contributed by atoms with Crippen molar-refractivity contribution >= 4 is 5.78 Å². The molecule has 1 aliphatic rings. The largest absolute Gasteiger partial charge is 0.294 e. The van der Waals surface area contributed by atoms with Crippen LogP contribution in [0, 0.1) is 0 Å². The fourth-order valence-corrected chi connectivity index (χ4v) is 1.15. The van der Waals surface area contributed by atoms with E-state index in [4.69, 9.17) is 0 Å². The number of nitrogens with zero attached hydrogens (tertiary/aromatic N) is 2. The minimum Gasteiger partial charge on any atom is -0.294 e. The lowest BCUT2D eigenvalue weighted by Gasteiger charge is -1.97. The lowest BCUT2D eigenvalue weighted by Crippen LogP contribution is -1.98. The maximum absolute atomic E-state index is 11.0. The van der Waals surface area contributed by atoms with Crippen molar-refractivity contribution in [1.82, 2.24) is 10.2 Å². The molecule has 1 fully saturated rings. The van der Waals surface area contributed by atoms with Crippen LogP contribution in [0.2, 0.25) is 0 Å². The summed E-state index contributed by atoms with van der Waals surface area (Å²) in [6.07, 6.45) is 3.90. The third-order valence-electron chi connectivity index (χ3n) is 2.08. The van der Waals surface area contributed by atoms with Crippen LogP contribution in [-0.2, 0) is 0 Å². The molecule has 1 heterocycles. The van der Waals surface area contributed by atoms with E-state index in [1.165, 1.54) is 19.0 Å². The summed E-state index contributed by atoms with van der Waals surface area (Å²) in [5, 5.41) is 7.78. The van der Waals surface area contributed by atoms with Gasteiger partial charge in [0.25, 0.3) is 0 Å². The average Bonchev–Trinajstić information content (AvgIpc) is 2.87. The first-order valence-corrected chi connectivity index (χ1v) is 4.11. The van der Waals surface area contributed by atoms with Gasteiger partial charge in [-0.15, -0.1) is 0 Å². The summed E-state index contributed by atoms with van der Waals surface area (Å²) in [6.45, 7) is 1.55. The highest BCUT2D eigenvalue weighted by molar-refractivity contribution is 5.93. The zero-order chi connectivity index (χ0) is 8.55. The predicted octanol–water partition coefficient (Wildman–Crippen LogP) is 1.56. The highest BCUT2D eigenvalue weighted by Gasteiger charge is 2.25.